The lowest BCUT2D eigenvalue weighted by Crippen LogP contribution is -2.15. The second-order valence-corrected chi connectivity index (χ2v) is 9.25. The maximum absolute atomic E-state index is 13.2. The number of nitrogens with zero attached hydrogens (tertiary/aromatic N) is 1. The first-order valence-corrected chi connectivity index (χ1v) is 12.3. The van der Waals surface area contributed by atoms with Crippen LogP contribution in [-0.2, 0) is 10.0 Å². The van der Waals surface area contributed by atoms with Gasteiger partial charge in [0.25, 0.3) is 10.0 Å². The topological polar surface area (TPSA) is 156 Å². The average Bonchev–Trinajstić information content (AvgIpc) is 2.91. The van der Waals surface area contributed by atoms with Crippen molar-refractivity contribution in [2.75, 3.05) is 40.3 Å². The maximum Gasteiger partial charge on any atom is 0.312 e. The van der Waals surface area contributed by atoms with Crippen molar-refractivity contribution in [3.63, 3.8) is 0 Å². The Bertz CT molecular complexity index is 1460. The maximum atomic E-state index is 13.2. The molecule has 0 aliphatic rings. The van der Waals surface area contributed by atoms with E-state index in [2.05, 4.69) is 4.72 Å². The number of hydrogen-bond acceptors (Lipinski definition) is 10. The molecule has 2 N–H and O–H groups in total. The van der Waals surface area contributed by atoms with Crippen molar-refractivity contribution in [2.45, 2.75) is 4.90 Å². The molecule has 0 bridgehead atoms. The Labute approximate surface area is 219 Å². The van der Waals surface area contributed by atoms with Crippen LogP contribution in [0.15, 0.2) is 47.4 Å². The number of ether oxygens (including phenoxy) is 5. The van der Waals surface area contributed by atoms with Crippen molar-refractivity contribution >= 4 is 33.6 Å². The SMILES string of the molecule is COc1ccc(S(=O)(=O)Nc2c(C=Cc3cc(OC)c(OC)c(OC)c3)ccc(O)c2OC)cc1[N+](=O)[O-]. The van der Waals surface area contributed by atoms with E-state index in [1.54, 1.807) is 24.3 Å². The van der Waals surface area contributed by atoms with E-state index in [0.29, 0.717) is 28.4 Å². The Hall–Kier alpha value is -4.65. The van der Waals surface area contributed by atoms with E-state index < -0.39 is 25.5 Å². The monoisotopic (exact) mass is 546 g/mol. The smallest absolute Gasteiger partial charge is 0.312 e. The molecule has 0 heterocycles. The predicted octanol–water partition coefficient (Wildman–Crippen LogP) is 4.31. The fraction of sp³-hybridized carbons (Fsp3) is 0.200. The van der Waals surface area contributed by atoms with Crippen molar-refractivity contribution in [1.29, 1.82) is 0 Å². The number of aromatic hydroxyl groups is 1. The van der Waals surface area contributed by atoms with Crippen molar-refractivity contribution in [3.05, 3.63) is 63.7 Å². The Kier molecular flexibility index (Phi) is 8.53. The number of methoxy groups -OCH3 is 5. The van der Waals surface area contributed by atoms with Crippen molar-refractivity contribution in [3.8, 4) is 34.5 Å². The van der Waals surface area contributed by atoms with Crippen LogP contribution < -0.4 is 28.4 Å². The van der Waals surface area contributed by atoms with Crippen LogP contribution in [0.1, 0.15) is 11.1 Å². The summed E-state index contributed by atoms with van der Waals surface area (Å²) >= 11 is 0. The highest BCUT2D eigenvalue weighted by atomic mass is 32.2. The summed E-state index contributed by atoms with van der Waals surface area (Å²) in [6, 6.07) is 9.41. The van der Waals surface area contributed by atoms with Gasteiger partial charge < -0.3 is 28.8 Å². The molecular weight excluding hydrogens is 520 g/mol. The van der Waals surface area contributed by atoms with Gasteiger partial charge in [0.2, 0.25) is 5.75 Å². The molecule has 0 saturated heterocycles. The highest BCUT2D eigenvalue weighted by molar-refractivity contribution is 7.92. The zero-order valence-electron chi connectivity index (χ0n) is 21.2. The van der Waals surface area contributed by atoms with Gasteiger partial charge in [0, 0.05) is 11.6 Å². The normalized spacial score (nSPS) is 11.2. The van der Waals surface area contributed by atoms with E-state index in [1.165, 1.54) is 53.7 Å². The zero-order valence-corrected chi connectivity index (χ0v) is 22.0. The van der Waals surface area contributed by atoms with Crippen LogP contribution in [0.2, 0.25) is 0 Å². The van der Waals surface area contributed by atoms with Gasteiger partial charge in [-0.2, -0.15) is 0 Å². The van der Waals surface area contributed by atoms with Gasteiger partial charge in [-0.25, -0.2) is 8.42 Å². The lowest BCUT2D eigenvalue weighted by molar-refractivity contribution is -0.386. The molecule has 0 saturated carbocycles. The van der Waals surface area contributed by atoms with Crippen molar-refractivity contribution < 1.29 is 42.1 Å². The first kappa shape index (κ1) is 27.9. The van der Waals surface area contributed by atoms with Gasteiger partial charge in [-0.15, -0.1) is 0 Å². The number of nitro groups is 1. The molecule has 3 aromatic carbocycles. The Morgan fingerprint density at radius 1 is 0.816 bits per heavy atom. The number of hydrogen-bond donors (Lipinski definition) is 2. The third kappa shape index (κ3) is 5.67. The van der Waals surface area contributed by atoms with Crippen LogP contribution in [-0.4, -0.2) is 54.0 Å². The zero-order chi connectivity index (χ0) is 28.0. The largest absolute Gasteiger partial charge is 0.504 e. The first-order valence-electron chi connectivity index (χ1n) is 10.8. The first-order chi connectivity index (χ1) is 18.1. The second-order valence-electron chi connectivity index (χ2n) is 7.57. The van der Waals surface area contributed by atoms with Gasteiger partial charge in [0.05, 0.1) is 45.4 Å². The number of phenols is 1. The van der Waals surface area contributed by atoms with Crippen molar-refractivity contribution in [2.24, 2.45) is 0 Å². The van der Waals surface area contributed by atoms with E-state index in [-0.39, 0.29) is 22.9 Å². The number of phenolic OH excluding ortho intramolecular Hbond substituents is 1. The third-order valence-corrected chi connectivity index (χ3v) is 6.76. The Morgan fingerprint density at radius 3 is 1.95 bits per heavy atom. The molecule has 0 spiro atoms. The minimum absolute atomic E-state index is 0.0883. The predicted molar refractivity (Wildman–Crippen MR) is 140 cm³/mol. The van der Waals surface area contributed by atoms with E-state index in [4.69, 9.17) is 23.7 Å². The molecule has 0 aliphatic heterocycles. The van der Waals surface area contributed by atoms with Crippen LogP contribution in [0.4, 0.5) is 11.4 Å². The molecule has 0 fully saturated rings. The van der Waals surface area contributed by atoms with Gasteiger partial charge in [0.1, 0.15) is 5.69 Å². The lowest BCUT2D eigenvalue weighted by atomic mass is 10.1. The van der Waals surface area contributed by atoms with Gasteiger partial charge in [0.15, 0.2) is 28.7 Å². The number of sulfonamides is 1. The van der Waals surface area contributed by atoms with Crippen LogP contribution in [0.3, 0.4) is 0 Å². The second kappa shape index (κ2) is 11.6. The molecule has 0 aromatic heterocycles. The molecule has 3 aromatic rings. The summed E-state index contributed by atoms with van der Waals surface area (Å²) in [6.07, 6.45) is 3.24. The summed E-state index contributed by atoms with van der Waals surface area (Å²) in [5.41, 5.74) is 0.335. The highest BCUT2D eigenvalue weighted by Crippen LogP contribution is 2.41. The standard InChI is InChI=1S/C25H26N2O10S/c1-33-20-11-9-17(14-18(20)27(29)30)38(31,32)26-23-16(8-10-19(28)24(23)36-4)7-6-15-12-21(34-2)25(37-5)22(13-15)35-3/h6-14,26,28H,1-5H3. The fourth-order valence-corrected chi connectivity index (χ4v) is 4.71. The Balaban J connectivity index is 2.10. The minimum Gasteiger partial charge on any atom is -0.504 e. The molecule has 0 aliphatic carbocycles. The summed E-state index contributed by atoms with van der Waals surface area (Å²) in [7, 11) is 2.56. The van der Waals surface area contributed by atoms with Gasteiger partial charge >= 0.3 is 5.69 Å². The number of anilines is 1. The number of nitrogens with one attached hydrogen (secondary N) is 1. The van der Waals surface area contributed by atoms with Crippen molar-refractivity contribution in [1.82, 2.24) is 0 Å². The molecule has 0 atom stereocenters. The molecule has 3 rings (SSSR count). The van der Waals surface area contributed by atoms with Gasteiger partial charge in [-0.3, -0.25) is 14.8 Å². The summed E-state index contributed by atoms with van der Waals surface area (Å²) in [4.78, 5) is 10.2. The molecule has 0 radical (unpaired) electrons. The third-order valence-electron chi connectivity index (χ3n) is 5.41. The minimum atomic E-state index is -4.37. The van der Waals surface area contributed by atoms with Crippen LogP contribution in [0, 0.1) is 10.1 Å². The highest BCUT2D eigenvalue weighted by Gasteiger charge is 2.25. The summed E-state index contributed by atoms with van der Waals surface area (Å²) in [5.74, 6) is 0.659. The molecule has 12 nitrogen and oxygen atoms in total. The van der Waals surface area contributed by atoms with Crippen LogP contribution in [0.5, 0.6) is 34.5 Å². The number of nitro benzene ring substituents is 1. The van der Waals surface area contributed by atoms with E-state index in [9.17, 15) is 23.6 Å². The molecule has 13 heteroatoms. The summed E-state index contributed by atoms with van der Waals surface area (Å²) in [6.45, 7) is 0. The molecule has 38 heavy (non-hydrogen) atoms. The Morgan fingerprint density at radius 2 is 1.42 bits per heavy atom. The van der Waals surface area contributed by atoms with Crippen LogP contribution in [0.25, 0.3) is 12.2 Å². The molecular formula is C25H26N2O10S. The molecule has 0 amide bonds. The van der Waals surface area contributed by atoms with E-state index >= 15 is 0 Å². The van der Waals surface area contributed by atoms with Gasteiger partial charge in [-0.05, 0) is 42.0 Å². The van der Waals surface area contributed by atoms with E-state index in [0.717, 1.165) is 12.1 Å². The number of benzene rings is 3. The molecule has 0 unspecified atom stereocenters. The summed E-state index contributed by atoms with van der Waals surface area (Å²) < 4.78 is 55.1. The lowest BCUT2D eigenvalue weighted by Gasteiger charge is -2.16. The fourth-order valence-electron chi connectivity index (χ4n) is 3.59. The average molecular weight is 547 g/mol. The molecule has 202 valence electrons. The van der Waals surface area contributed by atoms with Gasteiger partial charge in [-0.1, -0.05) is 12.2 Å². The quantitative estimate of drug-likeness (QED) is 0.202. The van der Waals surface area contributed by atoms with Crippen LogP contribution >= 0.6 is 0 Å². The number of rotatable bonds is 11. The van der Waals surface area contributed by atoms with E-state index in [1.807, 2.05) is 0 Å². The summed E-state index contributed by atoms with van der Waals surface area (Å²) in [5, 5.41) is 21.7.